The first-order valence-corrected chi connectivity index (χ1v) is 12.7. The highest BCUT2D eigenvalue weighted by atomic mass is 35.5. The highest BCUT2D eigenvalue weighted by Crippen LogP contribution is 2.49. The van der Waals surface area contributed by atoms with Crippen molar-refractivity contribution in [2.45, 2.75) is 0 Å². The summed E-state index contributed by atoms with van der Waals surface area (Å²) in [7, 11) is 5.38. The molecule has 4 rings (SSSR count). The van der Waals surface area contributed by atoms with Crippen molar-refractivity contribution in [3.05, 3.63) is 88.1 Å². The van der Waals surface area contributed by atoms with Crippen LogP contribution >= 0.6 is 11.6 Å². The largest absolute Gasteiger partial charge is 0.344 e. The van der Waals surface area contributed by atoms with E-state index in [9.17, 15) is 23.6 Å². The predicted molar refractivity (Wildman–Crippen MR) is 147 cm³/mol. The summed E-state index contributed by atoms with van der Waals surface area (Å²) in [5, 5.41) is 5.75. The zero-order valence-corrected chi connectivity index (χ0v) is 22.5. The third-order valence-electron chi connectivity index (χ3n) is 6.59. The van der Waals surface area contributed by atoms with Crippen LogP contribution in [0.4, 0.5) is 15.8 Å². The number of carbonyl (C=O) groups is 3. The van der Waals surface area contributed by atoms with Gasteiger partial charge in [0.05, 0.1) is 29.1 Å². The number of rotatable bonds is 9. The number of hydrogen-bond donors (Lipinski definition) is 2. The van der Waals surface area contributed by atoms with E-state index in [0.29, 0.717) is 29.5 Å². The molecule has 0 radical (unpaired) electrons. The van der Waals surface area contributed by atoms with Gasteiger partial charge in [-0.05, 0) is 56.6 Å². The molecule has 1 heterocycles. The smallest absolute Gasteiger partial charge is 0.255 e. The van der Waals surface area contributed by atoms with Crippen LogP contribution < -0.4 is 16.2 Å². The van der Waals surface area contributed by atoms with Crippen LogP contribution in [0.25, 0.3) is 5.69 Å². The summed E-state index contributed by atoms with van der Waals surface area (Å²) >= 11 is 5.91. The molecule has 1 aliphatic rings. The van der Waals surface area contributed by atoms with Crippen LogP contribution in [-0.2, 0) is 14.4 Å². The number of pyridine rings is 1. The third-order valence-corrected chi connectivity index (χ3v) is 6.84. The minimum atomic E-state index is -0.984. The van der Waals surface area contributed by atoms with Gasteiger partial charge in [-0.2, -0.15) is 0 Å². The molecule has 11 heteroatoms. The van der Waals surface area contributed by atoms with Crippen LogP contribution in [0.5, 0.6) is 0 Å². The van der Waals surface area contributed by atoms with Crippen molar-refractivity contribution in [3.63, 3.8) is 0 Å². The van der Waals surface area contributed by atoms with E-state index in [1.165, 1.54) is 33.9 Å². The molecule has 3 aromatic rings. The zero-order valence-electron chi connectivity index (χ0n) is 21.7. The minimum Gasteiger partial charge on any atom is -0.344 e. The maximum atomic E-state index is 14.9. The fourth-order valence-corrected chi connectivity index (χ4v) is 4.48. The molecule has 1 fully saturated rings. The quantitative estimate of drug-likeness (QED) is 0.424. The third kappa shape index (κ3) is 6.52. The maximum Gasteiger partial charge on any atom is 0.255 e. The van der Waals surface area contributed by atoms with Gasteiger partial charge in [-0.1, -0.05) is 17.7 Å². The van der Waals surface area contributed by atoms with Crippen molar-refractivity contribution < 1.29 is 18.8 Å². The van der Waals surface area contributed by atoms with E-state index in [1.807, 2.05) is 19.0 Å². The predicted octanol–water partition coefficient (Wildman–Crippen LogP) is 3.09. The van der Waals surface area contributed by atoms with Crippen molar-refractivity contribution in [2.75, 3.05) is 44.9 Å². The Bertz CT molecular complexity index is 1440. The van der Waals surface area contributed by atoms with E-state index < -0.39 is 35.4 Å². The van der Waals surface area contributed by atoms with E-state index >= 15 is 0 Å². The first kappa shape index (κ1) is 28.0. The molecule has 3 amide bonds. The number of nitrogens with zero attached hydrogens (tertiary/aromatic N) is 3. The molecule has 0 saturated heterocycles. The first-order chi connectivity index (χ1) is 18.6. The molecule has 9 nitrogen and oxygen atoms in total. The summed E-state index contributed by atoms with van der Waals surface area (Å²) in [6.07, 6.45) is 1.51. The molecule has 1 aliphatic carbocycles. The van der Waals surface area contributed by atoms with Gasteiger partial charge in [-0.15, -0.1) is 0 Å². The summed E-state index contributed by atoms with van der Waals surface area (Å²) < 4.78 is 16.2. The number of likely N-dealkylation sites (N-methyl/N-ethyl adjacent to an activating group) is 2. The van der Waals surface area contributed by atoms with E-state index in [-0.39, 0.29) is 17.2 Å². The Balaban J connectivity index is 1.52. The van der Waals surface area contributed by atoms with Gasteiger partial charge in [0, 0.05) is 49.2 Å². The van der Waals surface area contributed by atoms with Crippen LogP contribution in [0.3, 0.4) is 0 Å². The standard InChI is InChI=1S/C28H29ClFN5O4/c1-33(2)14-15-34(3)28(39)25-23(26(37)31-18-9-7-17(29)8-10-18)24(25)27(38)32-21-12-11-19(16-20(21)30)35-13-5-4-6-22(35)36/h4-13,16,23-25H,14-15H2,1-3H3,(H,31,37)(H,32,38). The number of anilines is 2. The lowest BCUT2D eigenvalue weighted by atomic mass is 10.2. The van der Waals surface area contributed by atoms with Crippen molar-refractivity contribution >= 4 is 40.7 Å². The van der Waals surface area contributed by atoms with Crippen molar-refractivity contribution in [2.24, 2.45) is 17.8 Å². The lowest BCUT2D eigenvalue weighted by Gasteiger charge is -2.20. The van der Waals surface area contributed by atoms with E-state index in [4.69, 9.17) is 11.6 Å². The second kappa shape index (κ2) is 11.8. The van der Waals surface area contributed by atoms with Crippen LogP contribution in [0.1, 0.15) is 0 Å². The van der Waals surface area contributed by atoms with Gasteiger partial charge in [-0.25, -0.2) is 4.39 Å². The number of aromatic nitrogens is 1. The summed E-state index contributed by atoms with van der Waals surface area (Å²) in [4.78, 5) is 55.1. The Labute approximate surface area is 230 Å². The Morgan fingerprint density at radius 1 is 0.897 bits per heavy atom. The molecule has 204 valence electrons. The lowest BCUT2D eigenvalue weighted by Crippen LogP contribution is -2.35. The highest BCUT2D eigenvalue weighted by Gasteiger charge is 2.63. The van der Waals surface area contributed by atoms with Crippen LogP contribution in [0, 0.1) is 23.6 Å². The van der Waals surface area contributed by atoms with Gasteiger partial charge in [0.1, 0.15) is 5.82 Å². The Morgan fingerprint density at radius 2 is 1.56 bits per heavy atom. The zero-order chi connectivity index (χ0) is 28.3. The monoisotopic (exact) mass is 553 g/mol. The summed E-state index contributed by atoms with van der Waals surface area (Å²) in [6, 6.07) is 15.0. The lowest BCUT2D eigenvalue weighted by molar-refractivity contribution is -0.133. The Hall–Kier alpha value is -4.02. The van der Waals surface area contributed by atoms with E-state index in [0.717, 1.165) is 6.07 Å². The molecular weight excluding hydrogens is 525 g/mol. The van der Waals surface area contributed by atoms with Gasteiger partial charge in [-0.3, -0.25) is 23.7 Å². The molecule has 0 bridgehead atoms. The number of halogens is 2. The van der Waals surface area contributed by atoms with Gasteiger partial charge in [0.25, 0.3) is 5.56 Å². The summed E-state index contributed by atoms with van der Waals surface area (Å²) in [5.74, 6) is -5.04. The van der Waals surface area contributed by atoms with Crippen molar-refractivity contribution in [3.8, 4) is 5.69 Å². The fraction of sp³-hybridized carbons (Fsp3) is 0.286. The number of hydrogen-bond acceptors (Lipinski definition) is 5. The van der Waals surface area contributed by atoms with Gasteiger partial charge in [0.2, 0.25) is 17.7 Å². The maximum absolute atomic E-state index is 14.9. The highest BCUT2D eigenvalue weighted by molar-refractivity contribution is 6.30. The van der Waals surface area contributed by atoms with Gasteiger partial charge in [0.15, 0.2) is 0 Å². The number of nitrogens with one attached hydrogen (secondary N) is 2. The second-order valence-corrected chi connectivity index (χ2v) is 10.1. The average molecular weight is 554 g/mol. The summed E-state index contributed by atoms with van der Waals surface area (Å²) in [6.45, 7) is 1.02. The molecule has 0 aliphatic heterocycles. The van der Waals surface area contributed by atoms with E-state index in [2.05, 4.69) is 10.6 Å². The van der Waals surface area contributed by atoms with Crippen LogP contribution in [0.15, 0.2) is 71.7 Å². The topological polar surface area (TPSA) is 104 Å². The molecule has 3 atom stereocenters. The Morgan fingerprint density at radius 3 is 2.18 bits per heavy atom. The summed E-state index contributed by atoms with van der Waals surface area (Å²) in [5.41, 5.74) is 0.309. The van der Waals surface area contributed by atoms with Crippen LogP contribution in [-0.4, -0.2) is 66.3 Å². The normalized spacial score (nSPS) is 17.9. The number of amides is 3. The average Bonchev–Trinajstić information content (AvgIpc) is 3.66. The van der Waals surface area contributed by atoms with Crippen molar-refractivity contribution in [1.29, 1.82) is 0 Å². The molecule has 1 saturated carbocycles. The second-order valence-electron chi connectivity index (χ2n) is 9.70. The van der Waals surface area contributed by atoms with Crippen LogP contribution in [0.2, 0.25) is 5.02 Å². The van der Waals surface area contributed by atoms with Gasteiger partial charge >= 0.3 is 0 Å². The molecule has 1 aromatic heterocycles. The van der Waals surface area contributed by atoms with Crippen molar-refractivity contribution in [1.82, 2.24) is 14.4 Å². The molecule has 0 spiro atoms. The Kier molecular flexibility index (Phi) is 8.47. The van der Waals surface area contributed by atoms with Gasteiger partial charge < -0.3 is 20.4 Å². The number of benzene rings is 2. The first-order valence-electron chi connectivity index (χ1n) is 12.3. The SMILES string of the molecule is CN(C)CCN(C)C(=O)C1C(C(=O)Nc2ccc(Cl)cc2)C1C(=O)Nc1ccc(-n2ccccc2=O)cc1F. The molecule has 39 heavy (non-hydrogen) atoms. The minimum absolute atomic E-state index is 0.122. The molecule has 2 aromatic carbocycles. The fourth-order valence-electron chi connectivity index (χ4n) is 4.36. The molecule has 2 N–H and O–H groups in total. The van der Waals surface area contributed by atoms with E-state index in [1.54, 1.807) is 43.4 Å². The molecule has 3 unspecified atom stereocenters. The molecular formula is C28H29ClFN5O4. The number of carbonyl (C=O) groups excluding carboxylic acids is 3.